The van der Waals surface area contributed by atoms with Crippen molar-refractivity contribution in [1.82, 2.24) is 9.88 Å². The minimum absolute atomic E-state index is 0.0998. The van der Waals surface area contributed by atoms with Crippen LogP contribution < -0.4 is 5.32 Å². The maximum atomic E-state index is 11.6. The number of nitrogens with zero attached hydrogens (tertiary/aromatic N) is 2. The summed E-state index contributed by atoms with van der Waals surface area (Å²) in [6.45, 7) is 0.851. The first-order chi connectivity index (χ1) is 10.6. The van der Waals surface area contributed by atoms with Crippen LogP contribution >= 0.6 is 27.5 Å². The van der Waals surface area contributed by atoms with Crippen molar-refractivity contribution in [2.75, 3.05) is 18.4 Å². The zero-order chi connectivity index (χ0) is 15.7. The molecule has 1 N–H and O–H groups in total. The molecule has 7 heteroatoms. The Morgan fingerprint density at radius 3 is 2.73 bits per heavy atom. The molecular weight excluding hydrogens is 370 g/mol. The lowest BCUT2D eigenvalue weighted by atomic mass is 10.2. The molecule has 0 spiro atoms. The van der Waals surface area contributed by atoms with Gasteiger partial charge in [0.05, 0.1) is 10.5 Å². The van der Waals surface area contributed by atoms with E-state index in [9.17, 15) is 9.59 Å². The highest BCUT2D eigenvalue weighted by Crippen LogP contribution is 2.31. The summed E-state index contributed by atoms with van der Waals surface area (Å²) in [5.74, 6) is -0.200. The maximum Gasteiger partial charge on any atom is 0.229 e. The second-order valence-corrected chi connectivity index (χ2v) is 6.33. The van der Waals surface area contributed by atoms with E-state index in [-0.39, 0.29) is 11.8 Å². The number of halogens is 2. The summed E-state index contributed by atoms with van der Waals surface area (Å²) >= 11 is 9.61. The van der Waals surface area contributed by atoms with Gasteiger partial charge < -0.3 is 5.32 Å². The van der Waals surface area contributed by atoms with Gasteiger partial charge in [-0.1, -0.05) is 27.5 Å². The molecule has 1 saturated heterocycles. The van der Waals surface area contributed by atoms with Crippen LogP contribution in [0.2, 0.25) is 5.02 Å². The number of benzene rings is 1. The molecule has 1 aliphatic rings. The molecule has 5 nitrogen and oxygen atoms in total. The number of rotatable bonds is 4. The molecule has 1 fully saturated rings. The lowest BCUT2D eigenvalue weighted by molar-refractivity contribution is -0.138. The first kappa shape index (κ1) is 15.2. The van der Waals surface area contributed by atoms with E-state index in [0.717, 1.165) is 15.5 Å². The van der Waals surface area contributed by atoms with Gasteiger partial charge >= 0.3 is 0 Å². The largest absolute Gasteiger partial charge is 0.383 e. The fraction of sp³-hybridized carbons (Fsp3) is 0.267. The first-order valence-electron chi connectivity index (χ1n) is 6.87. The minimum atomic E-state index is -0.0998. The zero-order valence-electron chi connectivity index (χ0n) is 11.6. The second-order valence-electron chi connectivity index (χ2n) is 5.01. The lowest BCUT2D eigenvalue weighted by Gasteiger charge is -2.15. The Bertz CT molecular complexity index is 750. The van der Waals surface area contributed by atoms with Gasteiger partial charge in [0.15, 0.2) is 0 Å². The van der Waals surface area contributed by atoms with E-state index in [1.165, 1.54) is 4.90 Å². The number of fused-ring (bicyclic) bond motifs is 1. The predicted octanol–water partition coefficient (Wildman–Crippen LogP) is 3.21. The molecule has 0 bridgehead atoms. The molecule has 0 radical (unpaired) electrons. The summed E-state index contributed by atoms with van der Waals surface area (Å²) in [7, 11) is 0. The van der Waals surface area contributed by atoms with Crippen molar-refractivity contribution in [3.05, 3.63) is 33.9 Å². The van der Waals surface area contributed by atoms with Crippen LogP contribution in [0.25, 0.3) is 10.9 Å². The number of pyridine rings is 1. The number of aromatic nitrogens is 1. The summed E-state index contributed by atoms with van der Waals surface area (Å²) < 4.78 is 0.867. The number of carbonyl (C=O) groups excluding carboxylic acids is 2. The van der Waals surface area contributed by atoms with Gasteiger partial charge in [-0.25, -0.2) is 0 Å². The molecule has 0 atom stereocenters. The molecule has 2 heterocycles. The Morgan fingerprint density at radius 2 is 2.00 bits per heavy atom. The molecule has 0 saturated carbocycles. The zero-order valence-corrected chi connectivity index (χ0v) is 13.9. The van der Waals surface area contributed by atoms with Crippen LogP contribution in [0.15, 0.2) is 28.9 Å². The van der Waals surface area contributed by atoms with Crippen LogP contribution in [-0.4, -0.2) is 34.8 Å². The van der Waals surface area contributed by atoms with Crippen molar-refractivity contribution in [1.29, 1.82) is 0 Å². The standard InChI is InChI=1S/C15H13BrClN3O2/c16-9-7-10-12(3-4-19-15(10)11(17)8-9)18-5-6-20-13(21)1-2-14(20)22/h3-4,7-8H,1-2,5-6H2,(H,18,19). The topological polar surface area (TPSA) is 62.3 Å². The van der Waals surface area contributed by atoms with E-state index in [1.807, 2.05) is 12.1 Å². The van der Waals surface area contributed by atoms with Gasteiger partial charge in [0, 0.05) is 47.7 Å². The number of hydrogen-bond donors (Lipinski definition) is 1. The third-order valence-electron chi connectivity index (χ3n) is 3.57. The monoisotopic (exact) mass is 381 g/mol. The first-order valence-corrected chi connectivity index (χ1v) is 8.04. The summed E-state index contributed by atoms with van der Waals surface area (Å²) in [5.41, 5.74) is 1.58. The molecule has 2 amide bonds. The van der Waals surface area contributed by atoms with E-state index in [1.54, 1.807) is 12.3 Å². The van der Waals surface area contributed by atoms with Crippen LogP contribution in [0.3, 0.4) is 0 Å². The maximum absolute atomic E-state index is 11.6. The molecular formula is C15H13BrClN3O2. The van der Waals surface area contributed by atoms with E-state index < -0.39 is 0 Å². The number of imide groups is 1. The van der Waals surface area contributed by atoms with Crippen LogP contribution in [0.1, 0.15) is 12.8 Å². The molecule has 0 aliphatic carbocycles. The Hall–Kier alpha value is -1.66. The summed E-state index contributed by atoms with van der Waals surface area (Å²) in [6.07, 6.45) is 2.32. The van der Waals surface area contributed by atoms with Gasteiger partial charge in [-0.3, -0.25) is 19.5 Å². The van der Waals surface area contributed by atoms with Crippen molar-refractivity contribution in [2.24, 2.45) is 0 Å². The highest BCUT2D eigenvalue weighted by molar-refractivity contribution is 9.10. The third kappa shape index (κ3) is 2.94. The van der Waals surface area contributed by atoms with E-state index in [4.69, 9.17) is 11.6 Å². The van der Waals surface area contributed by atoms with Crippen LogP contribution in [0.5, 0.6) is 0 Å². The molecule has 1 aromatic heterocycles. The van der Waals surface area contributed by atoms with Crippen LogP contribution in [0.4, 0.5) is 5.69 Å². The molecule has 0 unspecified atom stereocenters. The summed E-state index contributed by atoms with van der Waals surface area (Å²) in [6, 6.07) is 5.57. The van der Waals surface area contributed by atoms with E-state index in [2.05, 4.69) is 26.2 Å². The average molecular weight is 383 g/mol. The molecule has 114 valence electrons. The average Bonchev–Trinajstić information content (AvgIpc) is 2.79. The van der Waals surface area contributed by atoms with Crippen molar-refractivity contribution in [2.45, 2.75) is 12.8 Å². The van der Waals surface area contributed by atoms with Crippen molar-refractivity contribution < 1.29 is 9.59 Å². The summed E-state index contributed by atoms with van der Waals surface area (Å²) in [5, 5.41) is 4.70. The quantitative estimate of drug-likeness (QED) is 0.825. The SMILES string of the molecule is O=C1CCC(=O)N1CCNc1ccnc2c(Cl)cc(Br)cc12. The Labute approximate surface area is 140 Å². The lowest BCUT2D eigenvalue weighted by Crippen LogP contribution is -2.33. The van der Waals surface area contributed by atoms with Crippen LogP contribution in [-0.2, 0) is 9.59 Å². The minimum Gasteiger partial charge on any atom is -0.383 e. The molecule has 3 rings (SSSR count). The van der Waals surface area contributed by atoms with E-state index >= 15 is 0 Å². The Balaban J connectivity index is 1.77. The van der Waals surface area contributed by atoms with Gasteiger partial charge in [-0.05, 0) is 18.2 Å². The number of carbonyl (C=O) groups is 2. The van der Waals surface area contributed by atoms with Gasteiger partial charge in [-0.15, -0.1) is 0 Å². The second kappa shape index (κ2) is 6.22. The van der Waals surface area contributed by atoms with Gasteiger partial charge in [0.1, 0.15) is 0 Å². The van der Waals surface area contributed by atoms with Gasteiger partial charge in [-0.2, -0.15) is 0 Å². The van der Waals surface area contributed by atoms with Crippen molar-refractivity contribution in [3.8, 4) is 0 Å². The molecule has 2 aromatic rings. The smallest absolute Gasteiger partial charge is 0.229 e. The summed E-state index contributed by atoms with van der Waals surface area (Å²) in [4.78, 5) is 28.7. The fourth-order valence-electron chi connectivity index (χ4n) is 2.51. The highest BCUT2D eigenvalue weighted by Gasteiger charge is 2.28. The normalized spacial score (nSPS) is 14.9. The van der Waals surface area contributed by atoms with Gasteiger partial charge in [0.25, 0.3) is 0 Å². The highest BCUT2D eigenvalue weighted by atomic mass is 79.9. The number of nitrogens with one attached hydrogen (secondary N) is 1. The van der Waals surface area contributed by atoms with Crippen LogP contribution in [0, 0.1) is 0 Å². The van der Waals surface area contributed by atoms with E-state index in [0.29, 0.717) is 36.5 Å². The predicted molar refractivity (Wildman–Crippen MR) is 88.9 cm³/mol. The number of amides is 2. The number of hydrogen-bond acceptors (Lipinski definition) is 4. The molecule has 22 heavy (non-hydrogen) atoms. The fourth-order valence-corrected chi connectivity index (χ4v) is 3.37. The third-order valence-corrected chi connectivity index (χ3v) is 4.31. The van der Waals surface area contributed by atoms with Crippen molar-refractivity contribution >= 4 is 55.9 Å². The Kier molecular flexibility index (Phi) is 4.31. The number of anilines is 1. The number of likely N-dealkylation sites (tertiary alicyclic amines) is 1. The Morgan fingerprint density at radius 1 is 1.27 bits per heavy atom. The molecule has 1 aromatic carbocycles. The molecule has 1 aliphatic heterocycles. The van der Waals surface area contributed by atoms with Gasteiger partial charge in [0.2, 0.25) is 11.8 Å². The van der Waals surface area contributed by atoms with Crippen molar-refractivity contribution in [3.63, 3.8) is 0 Å².